The van der Waals surface area contributed by atoms with Crippen molar-refractivity contribution in [3.05, 3.63) is 119 Å². The molecule has 1 fully saturated rings. The van der Waals surface area contributed by atoms with Gasteiger partial charge in [0.2, 0.25) is 23.0 Å². The summed E-state index contributed by atoms with van der Waals surface area (Å²) < 4.78 is 6.63. The topological polar surface area (TPSA) is 222 Å². The Morgan fingerprint density at radius 1 is 0.866 bits per heavy atom. The van der Waals surface area contributed by atoms with Gasteiger partial charge in [0, 0.05) is 53.2 Å². The minimum atomic E-state index is -0.667. The molecule has 0 radical (unpaired) electrons. The Bertz CT molecular complexity index is 3270. The van der Waals surface area contributed by atoms with Crippen molar-refractivity contribution in [3.8, 4) is 34.3 Å². The summed E-state index contributed by atoms with van der Waals surface area (Å²) >= 11 is 9.53. The fraction of sp³-hybridized carbons (Fsp3) is 0.333. The number of aliphatic hydroxyl groups excluding tert-OH is 1. The lowest BCUT2D eigenvalue weighted by Gasteiger charge is -2.14. The number of benzene rings is 2. The van der Waals surface area contributed by atoms with Gasteiger partial charge in [-0.05, 0) is 99.9 Å². The zero-order valence-electron chi connectivity index (χ0n) is 37.0. The summed E-state index contributed by atoms with van der Waals surface area (Å²) in [6.45, 7) is 2.14. The lowest BCUT2D eigenvalue weighted by atomic mass is 10.1. The monoisotopic (exact) mass is 988 g/mol. The number of para-hydroxylation sites is 4. The average molecular weight is 990 g/mol. The van der Waals surface area contributed by atoms with E-state index in [1.165, 1.54) is 21.8 Å². The van der Waals surface area contributed by atoms with E-state index in [4.69, 9.17) is 16.6 Å². The van der Waals surface area contributed by atoms with Crippen LogP contribution in [0.1, 0.15) is 76.7 Å². The number of alkyl halides is 2. The molecule has 8 aromatic rings. The van der Waals surface area contributed by atoms with E-state index < -0.39 is 17.9 Å². The zero-order valence-corrected chi connectivity index (χ0v) is 39.3. The molecule has 3 atom stereocenters. The Morgan fingerprint density at radius 2 is 1.52 bits per heavy atom. The number of carbonyl (C=O) groups excluding carboxylic acids is 2. The Balaban J connectivity index is 0.996. The number of pyridine rings is 2. The minimum absolute atomic E-state index is 0.137. The van der Waals surface area contributed by atoms with Gasteiger partial charge in [0.1, 0.15) is 0 Å². The van der Waals surface area contributed by atoms with E-state index in [0.29, 0.717) is 63.3 Å². The van der Waals surface area contributed by atoms with Crippen molar-refractivity contribution in [3.63, 3.8) is 0 Å². The molecule has 0 bridgehead atoms. The van der Waals surface area contributed by atoms with Crippen molar-refractivity contribution < 1.29 is 24.9 Å². The molecule has 1 aliphatic carbocycles. The van der Waals surface area contributed by atoms with Crippen LogP contribution >= 0.6 is 27.5 Å². The third-order valence-corrected chi connectivity index (χ3v) is 13.2. The van der Waals surface area contributed by atoms with Crippen LogP contribution in [0.25, 0.3) is 44.6 Å². The number of halogens is 2. The van der Waals surface area contributed by atoms with Gasteiger partial charge < -0.3 is 34.4 Å². The number of aromatic amines is 2. The van der Waals surface area contributed by atoms with E-state index in [1.807, 2.05) is 48.5 Å². The average Bonchev–Trinajstić information content (AvgIpc) is 4.16. The molecule has 67 heavy (non-hydrogen) atoms. The van der Waals surface area contributed by atoms with Crippen molar-refractivity contribution in [2.45, 2.75) is 77.1 Å². The molecular weight excluding hydrogens is 940 g/mol. The molecule has 0 spiro atoms. The maximum atomic E-state index is 14.1. The molecule has 346 valence electrons. The van der Waals surface area contributed by atoms with Crippen molar-refractivity contribution in [2.75, 3.05) is 11.2 Å². The van der Waals surface area contributed by atoms with Crippen molar-refractivity contribution in [1.82, 2.24) is 48.6 Å². The van der Waals surface area contributed by atoms with E-state index in [2.05, 4.69) is 55.6 Å². The quantitative estimate of drug-likeness (QED) is 0.0652. The molecule has 17 nitrogen and oxygen atoms in total. The van der Waals surface area contributed by atoms with E-state index >= 15 is 0 Å². The maximum absolute atomic E-state index is 14.1. The number of carbonyl (C=O) groups is 2. The predicted octanol–water partition coefficient (Wildman–Crippen LogP) is 7.26. The highest BCUT2D eigenvalue weighted by Gasteiger charge is 2.28. The van der Waals surface area contributed by atoms with Gasteiger partial charge in [-0.3, -0.25) is 19.6 Å². The second-order valence-corrected chi connectivity index (χ2v) is 18.2. The standard InChI is InChI=1S/C48H50BrClN12O5/c1-28-20-30(43(64)58-48-56-38-10-4-6-12-42(38)62(48)33-14-13-29(21-33)15-18-50)23-39(53-28)36-26-52-61(46(36)67)19-16-32-22-31(24-40(54-32)35-25-51-59(2)45(35)66)44(65)57-47-55-37-9-3-5-11-41(37)60(47)27-34(63)8-7-17-49/h3-6,9-12,20,22-26,29,33-34,63,66-67H,7-8,13-19,21,27H2,1-2H3,(H,55,57,65)(H,56,58,64)/t29-,33-,34+/m0/s1. The summed E-state index contributed by atoms with van der Waals surface area (Å²) in [4.78, 5) is 53.2. The lowest BCUT2D eigenvalue weighted by molar-refractivity contribution is 0.0987. The molecule has 19 heteroatoms. The van der Waals surface area contributed by atoms with Gasteiger partial charge in [-0.2, -0.15) is 20.2 Å². The molecule has 5 N–H and O–H groups in total. The zero-order chi connectivity index (χ0) is 46.8. The van der Waals surface area contributed by atoms with E-state index in [0.717, 1.165) is 59.5 Å². The summed E-state index contributed by atoms with van der Waals surface area (Å²) in [5.41, 5.74) is 6.94. The first-order valence-corrected chi connectivity index (χ1v) is 23.9. The van der Waals surface area contributed by atoms with Crippen LogP contribution in [0.3, 0.4) is 0 Å². The number of aliphatic hydroxyl groups is 1. The number of imidazole rings is 2. The number of hydrogen-bond donors (Lipinski definition) is 5. The lowest BCUT2D eigenvalue weighted by Crippen LogP contribution is -2.27. The first kappa shape index (κ1) is 45.5. The Hall–Kier alpha value is -6.63. The van der Waals surface area contributed by atoms with Crippen LogP contribution in [0.5, 0.6) is 11.8 Å². The predicted molar refractivity (Wildman–Crippen MR) is 257 cm³/mol. The first-order valence-electron chi connectivity index (χ1n) is 22.3. The molecular formula is C48H50BrClN12O5. The summed E-state index contributed by atoms with van der Waals surface area (Å²) in [6.07, 6.45) is 7.78. The fourth-order valence-electron chi connectivity index (χ4n) is 9.02. The van der Waals surface area contributed by atoms with E-state index in [-0.39, 0.29) is 48.5 Å². The number of H-pyrrole nitrogens is 2. The first-order chi connectivity index (χ1) is 32.5. The van der Waals surface area contributed by atoms with Crippen molar-refractivity contribution in [1.29, 1.82) is 0 Å². The molecule has 6 aromatic heterocycles. The molecule has 2 amide bonds. The third kappa shape index (κ3) is 9.64. The molecule has 9 rings (SSSR count). The number of aryl methyl sites for hydroxylation is 4. The Kier molecular flexibility index (Phi) is 13.4. The smallest absolute Gasteiger partial charge is 0.280 e. The molecule has 6 heterocycles. The SMILES string of the molecule is Cc1cc(C(=O)/N=c2\[nH]c3ccccc3n2[C@H]2CC[C@@H](CCCl)C2)cc(-c2cnn(CCc3cc(C(=O)/N=c4\[nH]c5ccccc5n4C[C@H](O)CCCBr)cc(-c4cnn(C)c4O)n3)c2O)n1. The number of hydrogen-bond acceptors (Lipinski definition) is 9. The number of nitrogens with one attached hydrogen (secondary N) is 2. The number of nitrogens with zero attached hydrogens (tertiary/aromatic N) is 10. The second kappa shape index (κ2) is 19.7. The van der Waals surface area contributed by atoms with Gasteiger partial charge in [-0.15, -0.1) is 11.6 Å². The molecule has 0 unspecified atom stereocenters. The Morgan fingerprint density at radius 3 is 2.25 bits per heavy atom. The summed E-state index contributed by atoms with van der Waals surface area (Å²) in [5.74, 6) is -0.218. The number of fused-ring (bicyclic) bond motifs is 2. The number of aromatic nitrogens is 10. The van der Waals surface area contributed by atoms with Crippen molar-refractivity contribution in [2.24, 2.45) is 23.0 Å². The van der Waals surface area contributed by atoms with Gasteiger partial charge in [-0.1, -0.05) is 40.2 Å². The third-order valence-electron chi connectivity index (χ3n) is 12.4. The van der Waals surface area contributed by atoms with Gasteiger partial charge in [-0.25, -0.2) is 9.36 Å². The van der Waals surface area contributed by atoms with Crippen LogP contribution in [0, 0.1) is 12.8 Å². The van der Waals surface area contributed by atoms with Crippen LogP contribution in [-0.2, 0) is 26.6 Å². The highest BCUT2D eigenvalue weighted by molar-refractivity contribution is 9.09. The fourth-order valence-corrected chi connectivity index (χ4v) is 9.66. The molecule has 0 aliphatic heterocycles. The number of rotatable bonds is 15. The molecule has 1 saturated carbocycles. The largest absolute Gasteiger partial charge is 0.493 e. The Labute approximate surface area is 397 Å². The van der Waals surface area contributed by atoms with Gasteiger partial charge in [0.05, 0.1) is 76.2 Å². The van der Waals surface area contributed by atoms with Gasteiger partial charge >= 0.3 is 0 Å². The summed E-state index contributed by atoms with van der Waals surface area (Å²) in [7, 11) is 1.59. The molecule has 1 aliphatic rings. The summed E-state index contributed by atoms with van der Waals surface area (Å²) in [5, 5.41) is 42.7. The minimum Gasteiger partial charge on any atom is -0.493 e. The maximum Gasteiger partial charge on any atom is 0.280 e. The van der Waals surface area contributed by atoms with E-state index in [1.54, 1.807) is 42.8 Å². The second-order valence-electron chi connectivity index (χ2n) is 17.0. The summed E-state index contributed by atoms with van der Waals surface area (Å²) in [6, 6.07) is 22.1. The van der Waals surface area contributed by atoms with Gasteiger partial charge in [0.15, 0.2) is 0 Å². The van der Waals surface area contributed by atoms with E-state index in [9.17, 15) is 24.9 Å². The molecule has 0 saturated heterocycles. The highest BCUT2D eigenvalue weighted by atomic mass is 79.9. The highest BCUT2D eigenvalue weighted by Crippen LogP contribution is 2.37. The van der Waals surface area contributed by atoms with Crippen LogP contribution in [0.4, 0.5) is 0 Å². The molecule has 2 aromatic carbocycles. The number of aromatic hydroxyl groups is 2. The van der Waals surface area contributed by atoms with Crippen LogP contribution in [-0.4, -0.2) is 93.1 Å². The van der Waals surface area contributed by atoms with Crippen LogP contribution < -0.4 is 11.2 Å². The van der Waals surface area contributed by atoms with Gasteiger partial charge in [0.25, 0.3) is 11.8 Å². The van der Waals surface area contributed by atoms with Crippen LogP contribution in [0.2, 0.25) is 0 Å². The normalized spacial score (nSPS) is 16.2. The van der Waals surface area contributed by atoms with Crippen molar-refractivity contribution >= 4 is 61.4 Å². The number of amides is 2. The van der Waals surface area contributed by atoms with Crippen LogP contribution in [0.15, 0.2) is 95.2 Å².